The fourth-order valence-corrected chi connectivity index (χ4v) is 4.19. The van der Waals surface area contributed by atoms with Gasteiger partial charge in [0.25, 0.3) is 0 Å². The number of amides is 1. The summed E-state index contributed by atoms with van der Waals surface area (Å²) in [5.74, 6) is 1.95. The lowest BCUT2D eigenvalue weighted by molar-refractivity contribution is -0.126. The van der Waals surface area contributed by atoms with Crippen molar-refractivity contribution >= 4 is 17.5 Å². The molecule has 0 atom stereocenters. The van der Waals surface area contributed by atoms with Crippen LogP contribution in [0.15, 0.2) is 36.7 Å². The number of rotatable bonds is 6. The van der Waals surface area contributed by atoms with Crippen molar-refractivity contribution in [2.75, 3.05) is 6.54 Å². The third kappa shape index (κ3) is 3.32. The van der Waals surface area contributed by atoms with Gasteiger partial charge in [-0.25, -0.2) is 4.98 Å². The summed E-state index contributed by atoms with van der Waals surface area (Å²) >= 11 is 6.02. The predicted molar refractivity (Wildman–Crippen MR) is 98.8 cm³/mol. The summed E-state index contributed by atoms with van der Waals surface area (Å²) in [5, 5.41) is 3.90. The van der Waals surface area contributed by atoms with E-state index in [2.05, 4.69) is 14.9 Å². The maximum atomic E-state index is 13.0. The Morgan fingerprint density at radius 3 is 2.64 bits per heavy atom. The molecule has 4 rings (SSSR count). The number of carbonyl (C=O) groups excluding carboxylic acids is 1. The van der Waals surface area contributed by atoms with Gasteiger partial charge in [-0.2, -0.15) is 0 Å². The molecular weight excluding hydrogens is 334 g/mol. The van der Waals surface area contributed by atoms with Crippen LogP contribution in [0.4, 0.5) is 0 Å². The zero-order valence-corrected chi connectivity index (χ0v) is 15.1. The van der Waals surface area contributed by atoms with Crippen molar-refractivity contribution < 1.29 is 4.79 Å². The van der Waals surface area contributed by atoms with Crippen molar-refractivity contribution in [1.82, 2.24) is 14.9 Å². The second-order valence-electron chi connectivity index (χ2n) is 7.31. The van der Waals surface area contributed by atoms with E-state index in [1.807, 2.05) is 36.7 Å². The predicted octanol–water partition coefficient (Wildman–Crippen LogP) is 4.04. The monoisotopic (exact) mass is 357 g/mol. The van der Waals surface area contributed by atoms with Crippen LogP contribution in [0.2, 0.25) is 5.02 Å². The van der Waals surface area contributed by atoms with E-state index < -0.39 is 5.41 Å². The summed E-state index contributed by atoms with van der Waals surface area (Å²) in [4.78, 5) is 17.5. The minimum Gasteiger partial charge on any atom is -0.354 e. The molecule has 1 N–H and O–H groups in total. The van der Waals surface area contributed by atoms with E-state index >= 15 is 0 Å². The van der Waals surface area contributed by atoms with E-state index in [1.54, 1.807) is 0 Å². The molecular formula is C20H24ClN3O. The Morgan fingerprint density at radius 2 is 1.96 bits per heavy atom. The third-order valence-electron chi connectivity index (χ3n) is 5.62. The molecule has 1 amide bonds. The highest BCUT2D eigenvalue weighted by Crippen LogP contribution is 2.42. The first-order chi connectivity index (χ1) is 12.2. The number of halogens is 1. The Labute approximate surface area is 153 Å². The SMILES string of the molecule is O=C(NCCn1ccnc1C1CC1)C1(c2ccc(Cl)cc2)CCCC1. The fourth-order valence-electron chi connectivity index (χ4n) is 4.06. The van der Waals surface area contributed by atoms with Gasteiger partial charge in [-0.05, 0) is 43.4 Å². The van der Waals surface area contributed by atoms with E-state index in [1.165, 1.54) is 18.7 Å². The molecule has 5 heteroatoms. The van der Waals surface area contributed by atoms with E-state index in [0.29, 0.717) is 17.5 Å². The van der Waals surface area contributed by atoms with Crippen LogP contribution in [0, 0.1) is 0 Å². The summed E-state index contributed by atoms with van der Waals surface area (Å²) < 4.78 is 2.18. The number of carbonyl (C=O) groups is 1. The smallest absolute Gasteiger partial charge is 0.230 e. The quantitative estimate of drug-likeness (QED) is 0.848. The normalized spacial score (nSPS) is 19.1. The third-order valence-corrected chi connectivity index (χ3v) is 5.87. The van der Waals surface area contributed by atoms with Gasteiger partial charge in [0, 0.05) is 36.4 Å². The Bertz CT molecular complexity index is 743. The highest BCUT2D eigenvalue weighted by atomic mass is 35.5. The molecule has 1 aromatic heterocycles. The molecule has 0 aliphatic heterocycles. The molecule has 132 valence electrons. The van der Waals surface area contributed by atoms with Gasteiger partial charge in [0.1, 0.15) is 5.82 Å². The molecule has 0 spiro atoms. The fraction of sp³-hybridized carbons (Fsp3) is 0.500. The van der Waals surface area contributed by atoms with Crippen LogP contribution in [0.5, 0.6) is 0 Å². The van der Waals surface area contributed by atoms with E-state index in [9.17, 15) is 4.79 Å². The van der Waals surface area contributed by atoms with Crippen LogP contribution >= 0.6 is 11.6 Å². The molecule has 1 aromatic carbocycles. The molecule has 4 nitrogen and oxygen atoms in total. The zero-order chi connectivity index (χ0) is 17.3. The Kier molecular flexibility index (Phi) is 4.55. The van der Waals surface area contributed by atoms with Gasteiger partial charge in [0.15, 0.2) is 0 Å². The highest BCUT2D eigenvalue weighted by molar-refractivity contribution is 6.30. The standard InChI is InChI=1S/C20H24ClN3O/c21-17-7-5-16(6-8-17)20(9-1-2-10-20)19(25)23-12-14-24-13-11-22-18(24)15-3-4-15/h5-8,11,13,15H,1-4,9-10,12,14H2,(H,23,25). The summed E-state index contributed by atoms with van der Waals surface area (Å²) in [6.07, 6.45) is 10.4. The van der Waals surface area contributed by atoms with Crippen molar-refractivity contribution in [3.05, 3.63) is 53.1 Å². The van der Waals surface area contributed by atoms with E-state index in [4.69, 9.17) is 11.6 Å². The number of hydrogen-bond donors (Lipinski definition) is 1. The minimum absolute atomic E-state index is 0.153. The molecule has 0 bridgehead atoms. The zero-order valence-electron chi connectivity index (χ0n) is 14.4. The lowest BCUT2D eigenvalue weighted by Crippen LogP contribution is -2.43. The van der Waals surface area contributed by atoms with Crippen molar-refractivity contribution in [2.45, 2.75) is 56.4 Å². The average molecular weight is 358 g/mol. The van der Waals surface area contributed by atoms with Gasteiger partial charge in [-0.1, -0.05) is 36.6 Å². The van der Waals surface area contributed by atoms with E-state index in [-0.39, 0.29) is 5.91 Å². The van der Waals surface area contributed by atoms with Crippen LogP contribution in [0.25, 0.3) is 0 Å². The molecule has 2 fully saturated rings. The van der Waals surface area contributed by atoms with Gasteiger partial charge >= 0.3 is 0 Å². The van der Waals surface area contributed by atoms with E-state index in [0.717, 1.165) is 37.8 Å². The highest BCUT2D eigenvalue weighted by Gasteiger charge is 2.42. The van der Waals surface area contributed by atoms with Crippen molar-refractivity contribution in [3.8, 4) is 0 Å². The molecule has 2 saturated carbocycles. The summed E-state index contributed by atoms with van der Waals surface area (Å²) in [7, 11) is 0. The Hall–Kier alpha value is -1.81. The average Bonchev–Trinajstić information content (AvgIpc) is 3.15. The summed E-state index contributed by atoms with van der Waals surface area (Å²) in [6, 6.07) is 7.79. The molecule has 2 aliphatic rings. The minimum atomic E-state index is -0.390. The summed E-state index contributed by atoms with van der Waals surface area (Å²) in [6.45, 7) is 1.43. The Balaban J connectivity index is 1.43. The molecule has 2 aliphatic carbocycles. The number of imidazole rings is 1. The number of hydrogen-bond acceptors (Lipinski definition) is 2. The number of nitrogens with zero attached hydrogens (tertiary/aromatic N) is 2. The van der Waals surface area contributed by atoms with Crippen molar-refractivity contribution in [2.24, 2.45) is 0 Å². The van der Waals surface area contributed by atoms with Crippen LogP contribution in [0.1, 0.15) is 55.8 Å². The van der Waals surface area contributed by atoms with Crippen LogP contribution in [-0.2, 0) is 16.8 Å². The second kappa shape index (κ2) is 6.83. The van der Waals surface area contributed by atoms with Gasteiger partial charge in [-0.15, -0.1) is 0 Å². The van der Waals surface area contributed by atoms with Crippen molar-refractivity contribution in [3.63, 3.8) is 0 Å². The molecule has 25 heavy (non-hydrogen) atoms. The first-order valence-corrected chi connectivity index (χ1v) is 9.62. The summed E-state index contributed by atoms with van der Waals surface area (Å²) in [5.41, 5.74) is 0.701. The number of nitrogens with one attached hydrogen (secondary N) is 1. The van der Waals surface area contributed by atoms with Gasteiger partial charge < -0.3 is 9.88 Å². The molecule has 0 radical (unpaired) electrons. The first kappa shape index (κ1) is 16.6. The lowest BCUT2D eigenvalue weighted by Gasteiger charge is -2.28. The van der Waals surface area contributed by atoms with Gasteiger partial charge in [0.2, 0.25) is 5.91 Å². The molecule has 0 saturated heterocycles. The number of benzene rings is 1. The molecule has 2 aromatic rings. The first-order valence-electron chi connectivity index (χ1n) is 9.24. The van der Waals surface area contributed by atoms with Crippen molar-refractivity contribution in [1.29, 1.82) is 0 Å². The maximum absolute atomic E-state index is 13.0. The number of aromatic nitrogens is 2. The largest absolute Gasteiger partial charge is 0.354 e. The van der Waals surface area contributed by atoms with Gasteiger partial charge in [-0.3, -0.25) is 4.79 Å². The van der Waals surface area contributed by atoms with Crippen LogP contribution in [0.3, 0.4) is 0 Å². The maximum Gasteiger partial charge on any atom is 0.230 e. The van der Waals surface area contributed by atoms with Crippen LogP contribution < -0.4 is 5.32 Å². The van der Waals surface area contributed by atoms with Crippen LogP contribution in [-0.4, -0.2) is 22.0 Å². The lowest BCUT2D eigenvalue weighted by atomic mass is 9.78. The topological polar surface area (TPSA) is 46.9 Å². The van der Waals surface area contributed by atoms with Gasteiger partial charge in [0.05, 0.1) is 5.41 Å². The Morgan fingerprint density at radius 1 is 1.24 bits per heavy atom. The second-order valence-corrected chi connectivity index (χ2v) is 7.74. The molecule has 0 unspecified atom stereocenters. The molecule has 1 heterocycles.